The van der Waals surface area contributed by atoms with E-state index in [2.05, 4.69) is 11.8 Å². The minimum Gasteiger partial charge on any atom is -0.342 e. The Hall–Kier alpha value is -1.10. The molecule has 0 bridgehead atoms. The van der Waals surface area contributed by atoms with Crippen molar-refractivity contribution in [2.24, 2.45) is 11.8 Å². The molecule has 0 spiro atoms. The van der Waals surface area contributed by atoms with Gasteiger partial charge in [0.25, 0.3) is 0 Å². The van der Waals surface area contributed by atoms with Gasteiger partial charge >= 0.3 is 0 Å². The lowest BCUT2D eigenvalue weighted by Gasteiger charge is -2.32. The zero-order valence-corrected chi connectivity index (χ0v) is 13.0. The zero-order valence-electron chi connectivity index (χ0n) is 13.0. The Morgan fingerprint density at radius 1 is 1.35 bits per heavy atom. The highest BCUT2D eigenvalue weighted by Gasteiger charge is 2.37. The van der Waals surface area contributed by atoms with Crippen LogP contribution in [0.4, 0.5) is 0 Å². The second-order valence-corrected chi connectivity index (χ2v) is 6.58. The molecule has 0 aromatic heterocycles. The number of carbonyl (C=O) groups excluding carboxylic acids is 2. The molecule has 0 N–H and O–H groups in total. The van der Waals surface area contributed by atoms with E-state index in [-0.39, 0.29) is 17.7 Å². The summed E-state index contributed by atoms with van der Waals surface area (Å²) in [6, 6.07) is 0. The van der Waals surface area contributed by atoms with Gasteiger partial charge in [-0.2, -0.15) is 0 Å². The van der Waals surface area contributed by atoms with Crippen LogP contribution in [-0.2, 0) is 9.59 Å². The lowest BCUT2D eigenvalue weighted by atomic mass is 9.98. The number of amides is 2. The molecule has 2 amide bonds. The van der Waals surface area contributed by atoms with Crippen molar-refractivity contribution in [3.8, 4) is 0 Å². The largest absolute Gasteiger partial charge is 0.342 e. The molecule has 2 aliphatic heterocycles. The average Bonchev–Trinajstić information content (AvgIpc) is 2.77. The molecule has 2 atom stereocenters. The Labute approximate surface area is 121 Å². The normalized spacial score (nSPS) is 27.5. The maximum Gasteiger partial charge on any atom is 0.228 e. The van der Waals surface area contributed by atoms with Crippen molar-refractivity contribution in [3.63, 3.8) is 0 Å². The number of rotatable bonds is 4. The first-order valence-electron chi connectivity index (χ1n) is 7.68. The van der Waals surface area contributed by atoms with Gasteiger partial charge in [-0.25, -0.2) is 0 Å². The van der Waals surface area contributed by atoms with Gasteiger partial charge in [0.2, 0.25) is 11.8 Å². The number of hydrogen-bond donors (Lipinski definition) is 0. The monoisotopic (exact) mass is 281 g/mol. The molecule has 5 nitrogen and oxygen atoms in total. The van der Waals surface area contributed by atoms with Crippen LogP contribution in [0.2, 0.25) is 0 Å². The summed E-state index contributed by atoms with van der Waals surface area (Å²) in [6.07, 6.45) is 2.71. The molecule has 0 aromatic carbocycles. The Kier molecular flexibility index (Phi) is 5.02. The third-order valence-corrected chi connectivity index (χ3v) is 4.35. The Balaban J connectivity index is 1.87. The van der Waals surface area contributed by atoms with Crippen molar-refractivity contribution >= 4 is 11.8 Å². The number of nitrogens with zero attached hydrogens (tertiary/aromatic N) is 3. The fourth-order valence-electron chi connectivity index (χ4n) is 3.12. The molecule has 114 valence electrons. The predicted octanol–water partition coefficient (Wildman–Crippen LogP) is 0.655. The summed E-state index contributed by atoms with van der Waals surface area (Å²) in [5.74, 6) is 0.803. The van der Waals surface area contributed by atoms with Gasteiger partial charge < -0.3 is 14.7 Å². The summed E-state index contributed by atoms with van der Waals surface area (Å²) < 4.78 is 0. The highest BCUT2D eigenvalue weighted by molar-refractivity contribution is 5.89. The van der Waals surface area contributed by atoms with E-state index < -0.39 is 0 Å². The minimum absolute atomic E-state index is 0.116. The molecular formula is C15H27N3O2. The molecule has 0 radical (unpaired) electrons. The van der Waals surface area contributed by atoms with Crippen LogP contribution in [0.1, 0.15) is 26.2 Å². The lowest BCUT2D eigenvalue weighted by Crippen LogP contribution is -2.43. The first-order valence-corrected chi connectivity index (χ1v) is 7.68. The maximum atomic E-state index is 12.5. The quantitative estimate of drug-likeness (QED) is 0.760. The van der Waals surface area contributed by atoms with E-state index in [9.17, 15) is 9.59 Å². The van der Waals surface area contributed by atoms with Crippen LogP contribution < -0.4 is 0 Å². The molecule has 2 saturated heterocycles. The van der Waals surface area contributed by atoms with Gasteiger partial charge in [0.05, 0.1) is 5.92 Å². The molecule has 2 unspecified atom stereocenters. The van der Waals surface area contributed by atoms with Gasteiger partial charge in [0.15, 0.2) is 0 Å². The van der Waals surface area contributed by atoms with Crippen molar-refractivity contribution in [2.75, 3.05) is 46.8 Å². The predicted molar refractivity (Wildman–Crippen MR) is 78.2 cm³/mol. The molecule has 2 rings (SSSR count). The van der Waals surface area contributed by atoms with Crippen molar-refractivity contribution in [1.29, 1.82) is 0 Å². The fraction of sp³-hybridized carbons (Fsp3) is 0.867. The summed E-state index contributed by atoms with van der Waals surface area (Å²) in [4.78, 5) is 30.4. The van der Waals surface area contributed by atoms with E-state index >= 15 is 0 Å². The van der Waals surface area contributed by atoms with E-state index in [1.165, 1.54) is 6.42 Å². The van der Waals surface area contributed by atoms with Gasteiger partial charge in [0, 0.05) is 39.1 Å². The van der Waals surface area contributed by atoms with Crippen LogP contribution in [-0.4, -0.2) is 73.3 Å². The number of hydrogen-bond acceptors (Lipinski definition) is 3. The van der Waals surface area contributed by atoms with Gasteiger partial charge in [-0.05, 0) is 32.9 Å². The lowest BCUT2D eigenvalue weighted by molar-refractivity contribution is -0.137. The van der Waals surface area contributed by atoms with Crippen molar-refractivity contribution in [2.45, 2.75) is 26.2 Å². The smallest absolute Gasteiger partial charge is 0.228 e. The summed E-state index contributed by atoms with van der Waals surface area (Å²) in [5.41, 5.74) is 0. The molecule has 0 aliphatic carbocycles. The van der Waals surface area contributed by atoms with Crippen LogP contribution in [0.3, 0.4) is 0 Å². The summed E-state index contributed by atoms with van der Waals surface area (Å²) in [5, 5.41) is 0. The van der Waals surface area contributed by atoms with E-state index in [1.807, 2.05) is 23.9 Å². The number of piperidine rings is 1. The SMILES string of the molecule is CC1CCCN(C(=O)C2CC(=O)N(CCN(C)C)C2)C1. The van der Waals surface area contributed by atoms with E-state index in [0.717, 1.165) is 32.6 Å². The van der Waals surface area contributed by atoms with Gasteiger partial charge in [-0.3, -0.25) is 9.59 Å². The average molecular weight is 281 g/mol. The minimum atomic E-state index is -0.116. The molecule has 0 aromatic rings. The first kappa shape index (κ1) is 15.3. The standard InChI is InChI=1S/C15H27N3O2/c1-12-5-4-6-18(10-12)15(20)13-9-14(19)17(11-13)8-7-16(2)3/h12-13H,4-11H2,1-3H3. The van der Waals surface area contributed by atoms with Crippen LogP contribution in [0.5, 0.6) is 0 Å². The van der Waals surface area contributed by atoms with E-state index in [0.29, 0.717) is 18.9 Å². The Morgan fingerprint density at radius 2 is 2.10 bits per heavy atom. The van der Waals surface area contributed by atoms with E-state index in [1.54, 1.807) is 0 Å². The third-order valence-electron chi connectivity index (χ3n) is 4.35. The molecule has 2 fully saturated rings. The number of likely N-dealkylation sites (tertiary alicyclic amines) is 2. The zero-order chi connectivity index (χ0) is 14.7. The van der Waals surface area contributed by atoms with Crippen molar-refractivity contribution < 1.29 is 9.59 Å². The molecule has 2 heterocycles. The second-order valence-electron chi connectivity index (χ2n) is 6.58. The van der Waals surface area contributed by atoms with Crippen LogP contribution >= 0.6 is 0 Å². The highest BCUT2D eigenvalue weighted by atomic mass is 16.2. The Bertz CT molecular complexity index is 370. The van der Waals surface area contributed by atoms with Gasteiger partial charge in [-0.1, -0.05) is 6.92 Å². The topological polar surface area (TPSA) is 43.9 Å². The molecule has 2 aliphatic rings. The third kappa shape index (κ3) is 3.72. The van der Waals surface area contributed by atoms with Gasteiger partial charge in [0.1, 0.15) is 0 Å². The van der Waals surface area contributed by atoms with Crippen LogP contribution in [0.25, 0.3) is 0 Å². The summed E-state index contributed by atoms with van der Waals surface area (Å²) >= 11 is 0. The van der Waals surface area contributed by atoms with Crippen LogP contribution in [0, 0.1) is 11.8 Å². The first-order chi connectivity index (χ1) is 9.47. The maximum absolute atomic E-state index is 12.5. The summed E-state index contributed by atoms with van der Waals surface area (Å²) in [7, 11) is 4.00. The van der Waals surface area contributed by atoms with Crippen molar-refractivity contribution in [3.05, 3.63) is 0 Å². The molecular weight excluding hydrogens is 254 g/mol. The van der Waals surface area contributed by atoms with Gasteiger partial charge in [-0.15, -0.1) is 0 Å². The highest BCUT2D eigenvalue weighted by Crippen LogP contribution is 2.23. The summed E-state index contributed by atoms with van der Waals surface area (Å²) in [6.45, 7) is 6.12. The number of likely N-dealkylation sites (N-methyl/N-ethyl adjacent to an activating group) is 1. The molecule has 0 saturated carbocycles. The number of carbonyl (C=O) groups is 2. The second kappa shape index (κ2) is 6.57. The van der Waals surface area contributed by atoms with Crippen molar-refractivity contribution in [1.82, 2.24) is 14.7 Å². The Morgan fingerprint density at radius 3 is 2.75 bits per heavy atom. The molecule has 20 heavy (non-hydrogen) atoms. The van der Waals surface area contributed by atoms with E-state index in [4.69, 9.17) is 0 Å². The molecule has 5 heteroatoms. The van der Waals surface area contributed by atoms with Crippen LogP contribution in [0.15, 0.2) is 0 Å². The fourth-order valence-corrected chi connectivity index (χ4v) is 3.12.